The first-order valence-electron chi connectivity index (χ1n) is 7.13. The predicted molar refractivity (Wildman–Crippen MR) is 80.8 cm³/mol. The minimum Gasteiger partial charge on any atom is -0.465 e. The van der Waals surface area contributed by atoms with Gasteiger partial charge in [0.25, 0.3) is 0 Å². The number of hydrogen-bond donors (Lipinski definition) is 1. The van der Waals surface area contributed by atoms with Crippen LogP contribution in [0.25, 0.3) is 0 Å². The third kappa shape index (κ3) is 4.49. The van der Waals surface area contributed by atoms with Gasteiger partial charge in [-0.15, -0.1) is 11.8 Å². The standard InChI is InChI=1S/C15H22N2O2S/c1-3-19-14(18)15(2,17-12-7-8-12)9-11-20-13-6-4-5-10-16-13/h4-6,10,12,17H,3,7-9,11H2,1-2H3. The van der Waals surface area contributed by atoms with Gasteiger partial charge in [-0.2, -0.15) is 0 Å². The first-order valence-corrected chi connectivity index (χ1v) is 8.11. The molecule has 1 N–H and O–H groups in total. The molecule has 1 heterocycles. The summed E-state index contributed by atoms with van der Waals surface area (Å²) >= 11 is 1.67. The topological polar surface area (TPSA) is 51.2 Å². The molecule has 1 aromatic rings. The molecule has 0 radical (unpaired) electrons. The van der Waals surface area contributed by atoms with Gasteiger partial charge in [0.15, 0.2) is 0 Å². The Balaban J connectivity index is 1.88. The van der Waals surface area contributed by atoms with Crippen LogP contribution in [0.4, 0.5) is 0 Å². The molecule has 1 fully saturated rings. The Hall–Kier alpha value is -1.07. The average molecular weight is 294 g/mol. The zero-order valence-corrected chi connectivity index (χ0v) is 12.9. The summed E-state index contributed by atoms with van der Waals surface area (Å²) in [4.78, 5) is 16.4. The maximum atomic E-state index is 12.2. The van der Waals surface area contributed by atoms with E-state index < -0.39 is 5.54 Å². The quantitative estimate of drug-likeness (QED) is 0.590. The molecule has 0 spiro atoms. The molecule has 0 aliphatic heterocycles. The van der Waals surface area contributed by atoms with Crippen LogP contribution in [0.3, 0.4) is 0 Å². The molecule has 20 heavy (non-hydrogen) atoms. The van der Waals surface area contributed by atoms with Crippen molar-refractivity contribution >= 4 is 17.7 Å². The Morgan fingerprint density at radius 3 is 2.95 bits per heavy atom. The molecule has 1 aromatic heterocycles. The lowest BCUT2D eigenvalue weighted by atomic mass is 9.99. The number of aromatic nitrogens is 1. The summed E-state index contributed by atoms with van der Waals surface area (Å²) in [5, 5.41) is 4.42. The van der Waals surface area contributed by atoms with Gasteiger partial charge in [-0.25, -0.2) is 4.98 Å². The third-order valence-corrected chi connectivity index (χ3v) is 4.26. The highest BCUT2D eigenvalue weighted by molar-refractivity contribution is 7.99. The van der Waals surface area contributed by atoms with Crippen molar-refractivity contribution < 1.29 is 9.53 Å². The molecular formula is C15H22N2O2S. The van der Waals surface area contributed by atoms with Crippen LogP contribution < -0.4 is 5.32 Å². The van der Waals surface area contributed by atoms with Crippen molar-refractivity contribution in [1.29, 1.82) is 0 Å². The van der Waals surface area contributed by atoms with E-state index in [1.807, 2.05) is 32.0 Å². The van der Waals surface area contributed by atoms with Crippen LogP contribution in [0, 0.1) is 0 Å². The van der Waals surface area contributed by atoms with Crippen molar-refractivity contribution in [2.24, 2.45) is 0 Å². The fourth-order valence-electron chi connectivity index (χ4n) is 1.99. The van der Waals surface area contributed by atoms with Gasteiger partial charge in [0.05, 0.1) is 11.6 Å². The van der Waals surface area contributed by atoms with Crippen molar-refractivity contribution in [3.63, 3.8) is 0 Å². The molecule has 0 amide bonds. The summed E-state index contributed by atoms with van der Waals surface area (Å²) in [6, 6.07) is 6.34. The van der Waals surface area contributed by atoms with Gasteiger partial charge >= 0.3 is 5.97 Å². The largest absolute Gasteiger partial charge is 0.465 e. The molecule has 110 valence electrons. The lowest BCUT2D eigenvalue weighted by Gasteiger charge is -2.28. The summed E-state index contributed by atoms with van der Waals surface area (Å²) < 4.78 is 5.21. The van der Waals surface area contributed by atoms with Crippen molar-refractivity contribution in [2.45, 2.75) is 49.7 Å². The van der Waals surface area contributed by atoms with Crippen molar-refractivity contribution in [1.82, 2.24) is 10.3 Å². The van der Waals surface area contributed by atoms with E-state index in [0.717, 1.165) is 30.0 Å². The Morgan fingerprint density at radius 2 is 2.35 bits per heavy atom. The fourth-order valence-corrected chi connectivity index (χ4v) is 3.02. The number of ether oxygens (including phenoxy) is 1. The predicted octanol–water partition coefficient (Wildman–Crippen LogP) is 2.64. The van der Waals surface area contributed by atoms with Crippen LogP contribution in [-0.4, -0.2) is 34.9 Å². The zero-order chi connectivity index (χ0) is 14.4. The number of thioether (sulfide) groups is 1. The molecule has 1 atom stereocenters. The Bertz CT molecular complexity index is 437. The average Bonchev–Trinajstić information content (AvgIpc) is 3.24. The molecule has 1 unspecified atom stereocenters. The van der Waals surface area contributed by atoms with Crippen LogP contribution in [0.15, 0.2) is 29.4 Å². The van der Waals surface area contributed by atoms with Crippen LogP contribution in [0.2, 0.25) is 0 Å². The fraction of sp³-hybridized carbons (Fsp3) is 0.600. The van der Waals surface area contributed by atoms with E-state index in [0.29, 0.717) is 12.6 Å². The number of esters is 1. The van der Waals surface area contributed by atoms with Crippen molar-refractivity contribution in [3.05, 3.63) is 24.4 Å². The van der Waals surface area contributed by atoms with Gasteiger partial charge in [0, 0.05) is 18.0 Å². The number of nitrogens with zero attached hydrogens (tertiary/aromatic N) is 1. The van der Waals surface area contributed by atoms with E-state index in [1.54, 1.807) is 18.0 Å². The van der Waals surface area contributed by atoms with E-state index in [-0.39, 0.29) is 5.97 Å². The number of nitrogens with one attached hydrogen (secondary N) is 1. The third-order valence-electron chi connectivity index (χ3n) is 3.32. The van der Waals surface area contributed by atoms with E-state index >= 15 is 0 Å². The molecule has 2 rings (SSSR count). The van der Waals surface area contributed by atoms with E-state index in [4.69, 9.17) is 4.74 Å². The maximum Gasteiger partial charge on any atom is 0.326 e. The second-order valence-corrected chi connectivity index (χ2v) is 6.35. The molecule has 0 bridgehead atoms. The second-order valence-electron chi connectivity index (χ2n) is 5.24. The van der Waals surface area contributed by atoms with Gasteiger partial charge < -0.3 is 4.74 Å². The summed E-state index contributed by atoms with van der Waals surface area (Å²) in [6.45, 7) is 4.22. The minimum atomic E-state index is -0.584. The Labute approximate surface area is 124 Å². The molecule has 1 saturated carbocycles. The number of carbonyl (C=O) groups is 1. The first kappa shape index (κ1) is 15.3. The normalized spacial score (nSPS) is 17.5. The Kier molecular flexibility index (Phi) is 5.43. The van der Waals surface area contributed by atoms with Gasteiger partial charge in [-0.05, 0) is 45.2 Å². The lowest BCUT2D eigenvalue weighted by Crippen LogP contribution is -2.51. The lowest BCUT2D eigenvalue weighted by molar-refractivity contribution is -0.150. The highest BCUT2D eigenvalue weighted by atomic mass is 32.2. The van der Waals surface area contributed by atoms with Crippen LogP contribution >= 0.6 is 11.8 Å². The molecule has 5 heteroatoms. The SMILES string of the molecule is CCOC(=O)C(C)(CCSc1ccccn1)NC1CC1. The highest BCUT2D eigenvalue weighted by Gasteiger charge is 2.39. The summed E-state index contributed by atoms with van der Waals surface area (Å²) in [5.41, 5.74) is -0.584. The van der Waals surface area contributed by atoms with E-state index in [2.05, 4.69) is 10.3 Å². The van der Waals surface area contributed by atoms with Crippen LogP contribution in [0.1, 0.15) is 33.1 Å². The smallest absolute Gasteiger partial charge is 0.326 e. The first-order chi connectivity index (χ1) is 9.64. The zero-order valence-electron chi connectivity index (χ0n) is 12.1. The molecule has 1 aliphatic rings. The van der Waals surface area contributed by atoms with Crippen molar-refractivity contribution in [3.8, 4) is 0 Å². The van der Waals surface area contributed by atoms with Gasteiger partial charge in [0.2, 0.25) is 0 Å². The monoisotopic (exact) mass is 294 g/mol. The number of rotatable bonds is 8. The highest BCUT2D eigenvalue weighted by Crippen LogP contribution is 2.27. The van der Waals surface area contributed by atoms with Gasteiger partial charge in [0.1, 0.15) is 5.54 Å². The summed E-state index contributed by atoms with van der Waals surface area (Å²) in [7, 11) is 0. The molecule has 0 saturated heterocycles. The van der Waals surface area contributed by atoms with Crippen molar-refractivity contribution in [2.75, 3.05) is 12.4 Å². The van der Waals surface area contributed by atoms with Gasteiger partial charge in [-0.1, -0.05) is 6.07 Å². The summed E-state index contributed by atoms with van der Waals surface area (Å²) in [6.07, 6.45) is 4.84. The number of hydrogen-bond acceptors (Lipinski definition) is 5. The maximum absolute atomic E-state index is 12.2. The Morgan fingerprint density at radius 1 is 1.55 bits per heavy atom. The summed E-state index contributed by atoms with van der Waals surface area (Å²) in [5.74, 6) is 0.694. The molecule has 0 aromatic carbocycles. The molecule has 1 aliphatic carbocycles. The van der Waals surface area contributed by atoms with E-state index in [1.165, 1.54) is 0 Å². The van der Waals surface area contributed by atoms with Crippen LogP contribution in [0.5, 0.6) is 0 Å². The van der Waals surface area contributed by atoms with Gasteiger partial charge in [-0.3, -0.25) is 10.1 Å². The number of carbonyl (C=O) groups excluding carboxylic acids is 1. The minimum absolute atomic E-state index is 0.145. The molecular weight excluding hydrogens is 272 g/mol. The molecule has 4 nitrogen and oxygen atoms in total. The number of pyridine rings is 1. The van der Waals surface area contributed by atoms with Crippen LogP contribution in [-0.2, 0) is 9.53 Å². The second kappa shape index (κ2) is 7.09. The van der Waals surface area contributed by atoms with E-state index in [9.17, 15) is 4.79 Å².